The molecular weight excluding hydrogens is 280 g/mol. The summed E-state index contributed by atoms with van der Waals surface area (Å²) >= 11 is 0. The van der Waals surface area contributed by atoms with Gasteiger partial charge in [0.15, 0.2) is 0 Å². The number of rotatable bonds is 2. The molecule has 0 atom stereocenters. The highest BCUT2D eigenvalue weighted by atomic mass is 19.1. The molecule has 1 aromatic rings. The average molecular weight is 305 g/mol. The number of halogens is 1. The van der Waals surface area contributed by atoms with Crippen molar-refractivity contribution in [3.8, 4) is 0 Å². The van der Waals surface area contributed by atoms with E-state index in [0.29, 0.717) is 11.5 Å². The van der Waals surface area contributed by atoms with Gasteiger partial charge in [-0.25, -0.2) is 4.98 Å². The Hall–Kier alpha value is -0.935. The van der Waals surface area contributed by atoms with Crippen LogP contribution in [0.5, 0.6) is 0 Å². The van der Waals surface area contributed by atoms with Gasteiger partial charge in [0.25, 0.3) is 0 Å². The molecule has 5 heteroatoms. The minimum atomic E-state index is -0.594. The standard InChI is InChI=1S/C17H25BFNO2/c1-16(2)17(3,4)22-18(21-16)14-10-13(11-15(19)20-14)12-8-6-5-7-9-12/h10-12H,5-9H2,1-4H3. The maximum Gasteiger partial charge on any atom is 0.514 e. The minimum absolute atomic E-state index is 0.434. The van der Waals surface area contributed by atoms with E-state index in [2.05, 4.69) is 4.98 Å². The summed E-state index contributed by atoms with van der Waals surface area (Å²) in [5.74, 6) is 0.000194. The summed E-state index contributed by atoms with van der Waals surface area (Å²) in [7, 11) is -0.594. The van der Waals surface area contributed by atoms with Gasteiger partial charge in [-0.05, 0) is 64.2 Å². The third kappa shape index (κ3) is 2.93. The highest BCUT2D eigenvalue weighted by Gasteiger charge is 2.52. The molecule has 120 valence electrons. The zero-order chi connectivity index (χ0) is 16.0. The van der Waals surface area contributed by atoms with Crippen LogP contribution >= 0.6 is 0 Å². The molecule has 22 heavy (non-hydrogen) atoms. The fourth-order valence-electron chi connectivity index (χ4n) is 3.29. The zero-order valence-electron chi connectivity index (χ0n) is 14.0. The first kappa shape index (κ1) is 15.9. The van der Waals surface area contributed by atoms with Gasteiger partial charge >= 0.3 is 7.12 Å². The molecule has 0 aromatic carbocycles. The van der Waals surface area contributed by atoms with Crippen LogP contribution in [0.4, 0.5) is 4.39 Å². The van der Waals surface area contributed by atoms with E-state index in [9.17, 15) is 4.39 Å². The van der Waals surface area contributed by atoms with E-state index in [-0.39, 0.29) is 0 Å². The molecule has 3 nitrogen and oxygen atoms in total. The SMILES string of the molecule is CC1(C)OB(c2cc(C3CCCCC3)cc(F)n2)OC1(C)C. The molecule has 0 bridgehead atoms. The van der Waals surface area contributed by atoms with Gasteiger partial charge in [0.1, 0.15) is 0 Å². The van der Waals surface area contributed by atoms with E-state index in [1.165, 1.54) is 19.3 Å². The highest BCUT2D eigenvalue weighted by Crippen LogP contribution is 2.37. The van der Waals surface area contributed by atoms with Gasteiger partial charge in [0.05, 0.1) is 16.8 Å². The fourth-order valence-corrected chi connectivity index (χ4v) is 3.29. The summed E-state index contributed by atoms with van der Waals surface area (Å²) in [5, 5.41) is 0. The van der Waals surface area contributed by atoms with Crippen molar-refractivity contribution in [1.82, 2.24) is 4.98 Å². The van der Waals surface area contributed by atoms with Crippen molar-refractivity contribution in [2.75, 3.05) is 0 Å². The van der Waals surface area contributed by atoms with Gasteiger partial charge in [-0.15, -0.1) is 0 Å². The highest BCUT2D eigenvalue weighted by molar-refractivity contribution is 6.61. The molecule has 2 heterocycles. The summed E-state index contributed by atoms with van der Waals surface area (Å²) in [6, 6.07) is 3.55. The second-order valence-electron chi connectivity index (χ2n) is 7.57. The van der Waals surface area contributed by atoms with Crippen LogP contribution in [0.1, 0.15) is 71.3 Å². The van der Waals surface area contributed by atoms with Crippen molar-refractivity contribution in [2.24, 2.45) is 0 Å². The lowest BCUT2D eigenvalue weighted by Crippen LogP contribution is -2.41. The van der Waals surface area contributed by atoms with Crippen molar-refractivity contribution in [2.45, 2.75) is 76.9 Å². The topological polar surface area (TPSA) is 31.4 Å². The quantitative estimate of drug-likeness (QED) is 0.618. The van der Waals surface area contributed by atoms with Gasteiger partial charge in [0, 0.05) is 0 Å². The van der Waals surface area contributed by atoms with Crippen LogP contribution in [-0.4, -0.2) is 23.3 Å². The molecular formula is C17H25BFNO2. The molecule has 0 spiro atoms. The number of hydrogen-bond donors (Lipinski definition) is 0. The zero-order valence-corrected chi connectivity index (χ0v) is 14.0. The normalized spacial score (nSPS) is 24.7. The molecule has 1 saturated heterocycles. The van der Waals surface area contributed by atoms with Gasteiger partial charge in [-0.2, -0.15) is 4.39 Å². The first-order chi connectivity index (χ1) is 10.3. The van der Waals surface area contributed by atoms with E-state index < -0.39 is 24.3 Å². The Morgan fingerprint density at radius 2 is 1.64 bits per heavy atom. The third-order valence-electron chi connectivity index (χ3n) is 5.41. The van der Waals surface area contributed by atoms with Crippen LogP contribution in [0.3, 0.4) is 0 Å². The Morgan fingerprint density at radius 1 is 1.05 bits per heavy atom. The first-order valence-electron chi connectivity index (χ1n) is 8.31. The Bertz CT molecular complexity index is 540. The summed E-state index contributed by atoms with van der Waals surface area (Å²) in [6.07, 6.45) is 5.99. The van der Waals surface area contributed by atoms with E-state index in [1.54, 1.807) is 6.07 Å². The van der Waals surface area contributed by atoms with Gasteiger partial charge in [-0.1, -0.05) is 19.3 Å². The fraction of sp³-hybridized carbons (Fsp3) is 0.706. The van der Waals surface area contributed by atoms with E-state index >= 15 is 0 Å². The number of aromatic nitrogens is 1. The number of pyridine rings is 1. The largest absolute Gasteiger partial charge is 0.514 e. The molecule has 0 amide bonds. The lowest BCUT2D eigenvalue weighted by Gasteiger charge is -2.32. The van der Waals surface area contributed by atoms with Crippen molar-refractivity contribution in [3.05, 3.63) is 23.6 Å². The second-order valence-corrected chi connectivity index (χ2v) is 7.57. The van der Waals surface area contributed by atoms with Gasteiger partial charge < -0.3 is 9.31 Å². The van der Waals surface area contributed by atoms with Gasteiger partial charge in [0.2, 0.25) is 5.95 Å². The van der Waals surface area contributed by atoms with E-state index in [1.807, 2.05) is 33.8 Å². The Labute approximate surface area is 132 Å². The minimum Gasteiger partial charge on any atom is -0.398 e. The van der Waals surface area contributed by atoms with Crippen molar-refractivity contribution < 1.29 is 13.7 Å². The summed E-state index contributed by atoms with van der Waals surface area (Å²) in [6.45, 7) is 7.98. The second kappa shape index (κ2) is 5.61. The van der Waals surface area contributed by atoms with E-state index in [0.717, 1.165) is 18.4 Å². The van der Waals surface area contributed by atoms with Gasteiger partial charge in [-0.3, -0.25) is 0 Å². The Morgan fingerprint density at radius 3 is 2.23 bits per heavy atom. The number of nitrogens with zero attached hydrogens (tertiary/aromatic N) is 1. The maximum atomic E-state index is 14.0. The van der Waals surface area contributed by atoms with E-state index in [4.69, 9.17) is 9.31 Å². The van der Waals surface area contributed by atoms with Crippen LogP contribution in [-0.2, 0) is 9.31 Å². The monoisotopic (exact) mass is 305 g/mol. The molecule has 2 aliphatic rings. The lowest BCUT2D eigenvalue weighted by molar-refractivity contribution is 0.00578. The molecule has 2 fully saturated rings. The Kier molecular flexibility index (Phi) is 4.06. The number of hydrogen-bond acceptors (Lipinski definition) is 3. The smallest absolute Gasteiger partial charge is 0.398 e. The predicted molar refractivity (Wildman–Crippen MR) is 85.7 cm³/mol. The lowest BCUT2D eigenvalue weighted by atomic mass is 9.79. The molecule has 0 radical (unpaired) electrons. The summed E-state index contributed by atoms with van der Waals surface area (Å²) in [4.78, 5) is 4.03. The predicted octanol–water partition coefficient (Wildman–Crippen LogP) is 3.57. The van der Waals surface area contributed by atoms with Crippen LogP contribution in [0.25, 0.3) is 0 Å². The van der Waals surface area contributed by atoms with Crippen molar-refractivity contribution in [1.29, 1.82) is 0 Å². The molecule has 0 unspecified atom stereocenters. The van der Waals surface area contributed by atoms with Crippen LogP contribution in [0.15, 0.2) is 12.1 Å². The van der Waals surface area contributed by atoms with Crippen LogP contribution < -0.4 is 5.59 Å². The van der Waals surface area contributed by atoms with Crippen molar-refractivity contribution >= 4 is 12.7 Å². The summed E-state index contributed by atoms with van der Waals surface area (Å²) in [5.41, 5.74) is 0.726. The average Bonchev–Trinajstić information content (AvgIpc) is 2.68. The molecule has 3 rings (SSSR count). The van der Waals surface area contributed by atoms with Crippen molar-refractivity contribution in [3.63, 3.8) is 0 Å². The molecule has 1 aromatic heterocycles. The van der Waals surface area contributed by atoms with Crippen LogP contribution in [0, 0.1) is 5.95 Å². The maximum absolute atomic E-state index is 14.0. The molecule has 1 aliphatic heterocycles. The summed E-state index contributed by atoms with van der Waals surface area (Å²) < 4.78 is 26.0. The third-order valence-corrected chi connectivity index (χ3v) is 5.41. The van der Waals surface area contributed by atoms with Crippen LogP contribution in [0.2, 0.25) is 0 Å². The first-order valence-corrected chi connectivity index (χ1v) is 8.31. The molecule has 1 saturated carbocycles. The molecule has 1 aliphatic carbocycles. The molecule has 0 N–H and O–H groups in total. The Balaban J connectivity index is 1.87.